The molecule has 0 saturated heterocycles. The molecule has 0 saturated carbocycles. The number of alkyl carbamates (subject to hydrolysis) is 1. The number of ether oxygens (including phenoxy) is 3. The molecule has 0 spiro atoms. The van der Waals surface area contributed by atoms with E-state index in [1.807, 2.05) is 30.3 Å². The minimum atomic E-state index is -0.877. The molecule has 0 fully saturated rings. The highest BCUT2D eigenvalue weighted by Crippen LogP contribution is 2.01. The Balaban J connectivity index is 2.42. The molecular weight excluding hydrogens is 250 g/mol. The predicted molar refractivity (Wildman–Crippen MR) is 67.4 cm³/mol. The van der Waals surface area contributed by atoms with E-state index < -0.39 is 18.1 Å². The first-order valence-electron chi connectivity index (χ1n) is 5.71. The fraction of sp³-hybridized carbons (Fsp3) is 0.385. The van der Waals surface area contributed by atoms with Gasteiger partial charge in [0.15, 0.2) is 6.04 Å². The summed E-state index contributed by atoms with van der Waals surface area (Å²) >= 11 is 0. The van der Waals surface area contributed by atoms with E-state index in [4.69, 9.17) is 9.47 Å². The molecule has 0 aliphatic rings. The molecule has 0 aliphatic heterocycles. The van der Waals surface area contributed by atoms with Crippen molar-refractivity contribution in [1.82, 2.24) is 5.32 Å². The first kappa shape index (κ1) is 15.0. The molecule has 0 unspecified atom stereocenters. The van der Waals surface area contributed by atoms with Crippen LogP contribution in [0, 0.1) is 0 Å². The van der Waals surface area contributed by atoms with Gasteiger partial charge in [-0.2, -0.15) is 0 Å². The topological polar surface area (TPSA) is 73.9 Å². The third-order valence-electron chi connectivity index (χ3n) is 2.32. The Hall–Kier alpha value is -2.08. The normalized spacial score (nSPS) is 11.5. The Morgan fingerprint density at radius 3 is 2.47 bits per heavy atom. The van der Waals surface area contributed by atoms with Gasteiger partial charge in [-0.05, 0) is 5.56 Å². The standard InChI is InChI=1S/C13H17NO5/c1-17-9-11(12(15)18-2)14-13(16)19-8-10-6-4-3-5-7-10/h3-7,11H,8-9H2,1-2H3,(H,14,16)/t11-/m1/s1. The van der Waals surface area contributed by atoms with Crippen molar-refractivity contribution < 1.29 is 23.8 Å². The number of esters is 1. The second-order valence-corrected chi connectivity index (χ2v) is 3.74. The van der Waals surface area contributed by atoms with Gasteiger partial charge in [0.25, 0.3) is 0 Å². The smallest absolute Gasteiger partial charge is 0.408 e. The average Bonchev–Trinajstić information content (AvgIpc) is 2.45. The van der Waals surface area contributed by atoms with Crippen molar-refractivity contribution >= 4 is 12.1 Å². The van der Waals surface area contributed by atoms with E-state index in [1.54, 1.807) is 0 Å². The number of carbonyl (C=O) groups excluding carboxylic acids is 2. The van der Waals surface area contributed by atoms with Crippen molar-refractivity contribution in [1.29, 1.82) is 0 Å². The largest absolute Gasteiger partial charge is 0.467 e. The minimum absolute atomic E-state index is 0.0209. The van der Waals surface area contributed by atoms with Crippen molar-refractivity contribution in [2.24, 2.45) is 0 Å². The van der Waals surface area contributed by atoms with Crippen LogP contribution in [-0.4, -0.2) is 38.9 Å². The third-order valence-corrected chi connectivity index (χ3v) is 2.32. The molecule has 0 bridgehead atoms. The highest BCUT2D eigenvalue weighted by Gasteiger charge is 2.21. The zero-order valence-electron chi connectivity index (χ0n) is 10.9. The van der Waals surface area contributed by atoms with Crippen molar-refractivity contribution in [3.8, 4) is 0 Å². The maximum absolute atomic E-state index is 11.5. The zero-order chi connectivity index (χ0) is 14.1. The Morgan fingerprint density at radius 1 is 1.21 bits per heavy atom. The van der Waals surface area contributed by atoms with Gasteiger partial charge >= 0.3 is 12.1 Å². The van der Waals surface area contributed by atoms with Crippen LogP contribution in [0.3, 0.4) is 0 Å². The number of methoxy groups -OCH3 is 2. The summed E-state index contributed by atoms with van der Waals surface area (Å²) in [6.45, 7) is 0.153. The lowest BCUT2D eigenvalue weighted by Gasteiger charge is -2.15. The van der Waals surface area contributed by atoms with Gasteiger partial charge in [0.05, 0.1) is 13.7 Å². The van der Waals surface area contributed by atoms with Gasteiger partial charge in [-0.25, -0.2) is 9.59 Å². The van der Waals surface area contributed by atoms with Crippen LogP contribution in [0.5, 0.6) is 0 Å². The van der Waals surface area contributed by atoms with E-state index in [0.29, 0.717) is 0 Å². The van der Waals surface area contributed by atoms with Crippen LogP contribution >= 0.6 is 0 Å². The van der Waals surface area contributed by atoms with Gasteiger partial charge in [0.2, 0.25) is 0 Å². The molecule has 1 amide bonds. The molecule has 19 heavy (non-hydrogen) atoms. The van der Waals surface area contributed by atoms with E-state index >= 15 is 0 Å². The molecule has 0 radical (unpaired) electrons. The quantitative estimate of drug-likeness (QED) is 0.781. The van der Waals surface area contributed by atoms with Crippen molar-refractivity contribution in [3.05, 3.63) is 35.9 Å². The molecule has 1 N–H and O–H groups in total. The molecule has 6 nitrogen and oxygen atoms in total. The number of nitrogens with one attached hydrogen (secondary N) is 1. The first-order chi connectivity index (χ1) is 9.17. The van der Waals surface area contributed by atoms with Gasteiger partial charge in [-0.15, -0.1) is 0 Å². The second kappa shape index (κ2) is 8.10. The fourth-order valence-corrected chi connectivity index (χ4v) is 1.38. The van der Waals surface area contributed by atoms with E-state index in [-0.39, 0.29) is 13.2 Å². The lowest BCUT2D eigenvalue weighted by atomic mass is 10.2. The number of hydrogen-bond acceptors (Lipinski definition) is 5. The number of amides is 1. The Morgan fingerprint density at radius 2 is 1.89 bits per heavy atom. The van der Waals surface area contributed by atoms with Crippen LogP contribution < -0.4 is 5.32 Å². The van der Waals surface area contributed by atoms with E-state index in [1.165, 1.54) is 14.2 Å². The lowest BCUT2D eigenvalue weighted by Crippen LogP contribution is -2.44. The number of carbonyl (C=O) groups is 2. The summed E-state index contributed by atoms with van der Waals surface area (Å²) in [6, 6.07) is 8.35. The van der Waals surface area contributed by atoms with E-state index in [2.05, 4.69) is 10.1 Å². The van der Waals surface area contributed by atoms with E-state index in [9.17, 15) is 9.59 Å². The Kier molecular flexibility index (Phi) is 6.38. The Bertz CT molecular complexity index is 407. The third kappa shape index (κ3) is 5.39. The summed E-state index contributed by atoms with van der Waals surface area (Å²) in [4.78, 5) is 22.9. The predicted octanol–water partition coefficient (Wildman–Crippen LogP) is 1.10. The summed E-state index contributed by atoms with van der Waals surface area (Å²) < 4.78 is 14.3. The van der Waals surface area contributed by atoms with Crippen LogP contribution in [0.1, 0.15) is 5.56 Å². The first-order valence-corrected chi connectivity index (χ1v) is 5.71. The summed E-state index contributed by atoms with van der Waals surface area (Å²) in [5.74, 6) is -0.585. The van der Waals surface area contributed by atoms with Crippen molar-refractivity contribution in [3.63, 3.8) is 0 Å². The number of rotatable bonds is 6. The summed E-state index contributed by atoms with van der Waals surface area (Å²) in [7, 11) is 2.66. The zero-order valence-corrected chi connectivity index (χ0v) is 10.9. The highest BCUT2D eigenvalue weighted by atomic mass is 16.6. The molecule has 6 heteroatoms. The van der Waals surface area contributed by atoms with Crippen LogP contribution in [0.2, 0.25) is 0 Å². The van der Waals surface area contributed by atoms with Gasteiger partial charge in [-0.1, -0.05) is 30.3 Å². The van der Waals surface area contributed by atoms with Gasteiger partial charge in [-0.3, -0.25) is 0 Å². The fourth-order valence-electron chi connectivity index (χ4n) is 1.38. The van der Waals surface area contributed by atoms with Crippen LogP contribution in [0.4, 0.5) is 4.79 Å². The van der Waals surface area contributed by atoms with Crippen LogP contribution in [0.15, 0.2) is 30.3 Å². The van der Waals surface area contributed by atoms with Crippen molar-refractivity contribution in [2.45, 2.75) is 12.6 Å². The molecule has 1 aromatic carbocycles. The SMILES string of the molecule is COC[C@@H](NC(=O)OCc1ccccc1)C(=O)OC. The molecule has 0 heterocycles. The van der Waals surface area contributed by atoms with E-state index in [0.717, 1.165) is 5.56 Å². The molecule has 0 aliphatic carbocycles. The van der Waals surface area contributed by atoms with Gasteiger partial charge in [0, 0.05) is 7.11 Å². The number of benzene rings is 1. The minimum Gasteiger partial charge on any atom is -0.467 e. The maximum atomic E-state index is 11.5. The van der Waals surface area contributed by atoms with Gasteiger partial charge < -0.3 is 19.5 Å². The lowest BCUT2D eigenvalue weighted by molar-refractivity contribution is -0.144. The molecule has 1 atom stereocenters. The maximum Gasteiger partial charge on any atom is 0.408 e. The van der Waals surface area contributed by atoms with Crippen LogP contribution in [-0.2, 0) is 25.6 Å². The average molecular weight is 267 g/mol. The summed E-state index contributed by atoms with van der Waals surface area (Å²) in [6.07, 6.45) is -0.698. The van der Waals surface area contributed by atoms with Crippen molar-refractivity contribution in [2.75, 3.05) is 20.8 Å². The van der Waals surface area contributed by atoms with Crippen LogP contribution in [0.25, 0.3) is 0 Å². The molecule has 0 aromatic heterocycles. The molecule has 1 aromatic rings. The molecule has 104 valence electrons. The Labute approximate surface area is 111 Å². The second-order valence-electron chi connectivity index (χ2n) is 3.74. The summed E-state index contributed by atoms with van der Waals surface area (Å²) in [5, 5.41) is 2.38. The number of hydrogen-bond donors (Lipinski definition) is 1. The monoisotopic (exact) mass is 267 g/mol. The molecular formula is C13H17NO5. The van der Waals surface area contributed by atoms with Gasteiger partial charge in [0.1, 0.15) is 6.61 Å². The molecule has 1 rings (SSSR count). The highest BCUT2D eigenvalue weighted by molar-refractivity contribution is 5.81. The summed E-state index contributed by atoms with van der Waals surface area (Å²) in [5.41, 5.74) is 0.860.